The van der Waals surface area contributed by atoms with Gasteiger partial charge in [0.25, 0.3) is 0 Å². The lowest BCUT2D eigenvalue weighted by Gasteiger charge is -2.29. The highest BCUT2D eigenvalue weighted by molar-refractivity contribution is 5.99. The summed E-state index contributed by atoms with van der Waals surface area (Å²) < 4.78 is 0. The van der Waals surface area contributed by atoms with Crippen LogP contribution in [0.5, 0.6) is 5.75 Å². The van der Waals surface area contributed by atoms with Gasteiger partial charge in [0.15, 0.2) is 0 Å². The molecule has 96 heavy (non-hydrogen) atoms. The molecule has 12 atom stereocenters. The number of aliphatic hydroxyl groups excluding tert-OH is 4. The zero-order valence-electron chi connectivity index (χ0n) is 54.2. The molecule has 1 heterocycles. The molecule has 2 aromatic carbocycles. The number of amides is 10. The van der Waals surface area contributed by atoms with E-state index in [-0.39, 0.29) is 76.1 Å². The fourth-order valence-electron chi connectivity index (χ4n) is 9.89. The summed E-state index contributed by atoms with van der Waals surface area (Å²) in [4.78, 5) is 167. The lowest BCUT2D eigenvalue weighted by atomic mass is 10.00. The summed E-state index contributed by atoms with van der Waals surface area (Å²) in [5.74, 6) is -13.9. The molecule has 0 saturated heterocycles. The molecule has 10 amide bonds. The van der Waals surface area contributed by atoms with Gasteiger partial charge >= 0.3 is 11.9 Å². The number of hydrogen-bond acceptors (Lipinski definition) is 21. The molecule has 0 aliphatic carbocycles. The topological polar surface area (TPSA) is 587 Å². The van der Waals surface area contributed by atoms with Crippen LogP contribution in [-0.2, 0) is 70.4 Å². The number of aliphatic hydroxyl groups is 4. The van der Waals surface area contributed by atoms with Crippen molar-refractivity contribution in [3.05, 3.63) is 65.9 Å². The number of hydrogen-bond donors (Lipinski definition) is 22. The van der Waals surface area contributed by atoms with Gasteiger partial charge in [-0.2, -0.15) is 0 Å². The number of phenols is 1. The molecule has 0 aliphatic rings. The molecular formula is C62H97N15O19. The van der Waals surface area contributed by atoms with Crippen molar-refractivity contribution in [3.8, 4) is 5.75 Å². The molecule has 26 N–H and O–H groups in total. The van der Waals surface area contributed by atoms with Gasteiger partial charge in [-0.3, -0.25) is 52.7 Å². The third-order valence-corrected chi connectivity index (χ3v) is 15.3. The maximum Gasteiger partial charge on any atom is 0.328 e. The summed E-state index contributed by atoms with van der Waals surface area (Å²) in [6, 6.07) is -5.51. The van der Waals surface area contributed by atoms with Gasteiger partial charge in [-0.05, 0) is 126 Å². The van der Waals surface area contributed by atoms with Crippen LogP contribution in [0.3, 0.4) is 0 Å². The lowest BCUT2D eigenvalue weighted by Crippen LogP contribution is -2.62. The first-order valence-corrected chi connectivity index (χ1v) is 31.8. The van der Waals surface area contributed by atoms with E-state index in [0.29, 0.717) is 54.3 Å². The number of aromatic amines is 1. The molecule has 0 saturated carbocycles. The largest absolute Gasteiger partial charge is 0.508 e. The van der Waals surface area contributed by atoms with Crippen LogP contribution in [0.15, 0.2) is 54.7 Å². The minimum absolute atomic E-state index is 0.0444. The Labute approximate surface area is 554 Å². The second-order valence-corrected chi connectivity index (χ2v) is 23.6. The maximum absolute atomic E-state index is 14.6. The molecule has 0 spiro atoms. The standard InChI is InChI=1S/C62H97N15O19/c1-33(2)26-44(71-59(92)47(30-78)74-52(85)39(66)13-6-9-23-63)56(89)72-45(27-35-17-19-37(82)20-18-35)57(90)69-43(21-22-50(83)84)55(88)75-48(31-79)60(93)73-46(28-36-29-67-40-14-5-4-12-38(36)40)58(91)77-51(34(3)81)61(94)70-42(16-8-11-25-65)53(86)68-41(15-7-10-24-64)54(87)76-49(32-80)62(95)96/h4-5,12,14,17-20,29,33-34,39,41-49,51,67,78-82H,6-11,13,15-16,21-28,30-32,63-66H2,1-3H3,(H,68,86)(H,69,90)(H,70,94)(H,71,92)(H,72,89)(H,73,93)(H,74,85)(H,75,88)(H,76,87)(H,77,91)(H,83,84)(H,95,96)/t34-,39+,41+,42+,43+,44+,45+,46+,47+,48+,49+,51+/m1/s1. The number of carboxylic acid groups (broad SMARTS) is 2. The van der Waals surface area contributed by atoms with Crippen LogP contribution >= 0.6 is 0 Å². The zero-order chi connectivity index (χ0) is 71.6. The fraction of sp³-hybridized carbons (Fsp3) is 0.581. The number of para-hydroxylation sites is 1. The van der Waals surface area contributed by atoms with Crippen molar-refractivity contribution in [1.29, 1.82) is 0 Å². The number of H-pyrrole nitrogens is 1. The summed E-state index contributed by atoms with van der Waals surface area (Å²) in [6.45, 7) is 2.24. The number of carbonyl (C=O) groups is 12. The summed E-state index contributed by atoms with van der Waals surface area (Å²) in [6.07, 6.45) is 0.0262. The molecule has 3 rings (SSSR count). The first kappa shape index (κ1) is 81.3. The number of phenolic OH excluding ortho intramolecular Hbond substituents is 1. The van der Waals surface area contributed by atoms with E-state index < -0.39 is 176 Å². The van der Waals surface area contributed by atoms with E-state index in [1.165, 1.54) is 30.5 Å². The van der Waals surface area contributed by atoms with Crippen LogP contribution in [-0.4, -0.2) is 224 Å². The van der Waals surface area contributed by atoms with E-state index >= 15 is 0 Å². The molecule has 534 valence electrons. The van der Waals surface area contributed by atoms with Gasteiger partial charge in [0, 0.05) is 36.4 Å². The van der Waals surface area contributed by atoms with Gasteiger partial charge in [0.2, 0.25) is 59.1 Å². The first-order chi connectivity index (χ1) is 45.6. The van der Waals surface area contributed by atoms with E-state index in [4.69, 9.17) is 22.9 Å². The fourth-order valence-corrected chi connectivity index (χ4v) is 9.89. The Balaban J connectivity index is 1.99. The Morgan fingerprint density at radius 1 is 0.458 bits per heavy atom. The van der Waals surface area contributed by atoms with Gasteiger partial charge in [-0.15, -0.1) is 0 Å². The smallest absolute Gasteiger partial charge is 0.328 e. The molecule has 0 unspecified atom stereocenters. The number of benzene rings is 2. The number of aromatic hydroxyl groups is 1. The van der Waals surface area contributed by atoms with Crippen LogP contribution in [0, 0.1) is 5.92 Å². The predicted molar refractivity (Wildman–Crippen MR) is 347 cm³/mol. The number of unbranched alkanes of at least 4 members (excludes halogenated alkanes) is 3. The third-order valence-electron chi connectivity index (χ3n) is 15.3. The zero-order valence-corrected chi connectivity index (χ0v) is 54.2. The van der Waals surface area contributed by atoms with E-state index in [2.05, 4.69) is 58.2 Å². The molecule has 0 fully saturated rings. The molecule has 3 aromatic rings. The summed E-state index contributed by atoms with van der Waals surface area (Å²) in [7, 11) is 0. The van der Waals surface area contributed by atoms with Gasteiger partial charge in [-0.25, -0.2) is 4.79 Å². The van der Waals surface area contributed by atoms with E-state index in [0.717, 1.165) is 6.92 Å². The molecule has 0 bridgehead atoms. The monoisotopic (exact) mass is 1360 g/mol. The van der Waals surface area contributed by atoms with E-state index in [9.17, 15) is 93.3 Å². The Bertz CT molecular complexity index is 3040. The average Bonchev–Trinajstić information content (AvgIpc) is 1.67. The number of carboxylic acids is 2. The minimum atomic E-state index is -1.98. The van der Waals surface area contributed by atoms with Crippen LogP contribution in [0.4, 0.5) is 0 Å². The predicted octanol–water partition coefficient (Wildman–Crippen LogP) is -5.43. The van der Waals surface area contributed by atoms with Crippen LogP contribution in [0.2, 0.25) is 0 Å². The van der Waals surface area contributed by atoms with Crippen molar-refractivity contribution < 1.29 is 93.3 Å². The van der Waals surface area contributed by atoms with Crippen molar-refractivity contribution in [2.45, 2.75) is 183 Å². The van der Waals surface area contributed by atoms with Gasteiger partial charge in [0.1, 0.15) is 66.2 Å². The minimum Gasteiger partial charge on any atom is -0.508 e. The molecule has 0 radical (unpaired) electrons. The summed E-state index contributed by atoms with van der Waals surface area (Å²) >= 11 is 0. The third kappa shape index (κ3) is 27.8. The average molecular weight is 1360 g/mol. The number of nitrogens with one attached hydrogen (secondary N) is 11. The number of carbonyl (C=O) groups excluding carboxylic acids is 10. The quantitative estimate of drug-likeness (QED) is 0.0235. The van der Waals surface area contributed by atoms with Crippen molar-refractivity contribution in [2.75, 3.05) is 39.5 Å². The Kier molecular flexibility index (Phi) is 36.0. The highest BCUT2D eigenvalue weighted by Crippen LogP contribution is 2.20. The highest BCUT2D eigenvalue weighted by Gasteiger charge is 2.38. The van der Waals surface area contributed by atoms with Gasteiger partial charge in [-0.1, -0.05) is 50.6 Å². The SMILES string of the molecule is CC(C)C[C@H](NC(=O)[C@H](CO)NC(=O)[C@@H](N)CCCCN)C(=O)N[C@@H](Cc1ccc(O)cc1)C(=O)N[C@@H](CCC(=O)O)C(=O)N[C@@H](CO)C(=O)N[C@@H](Cc1c[nH]c2ccccc12)C(=O)N[C@H](C(=O)N[C@@H](CCCCN)C(=O)N[C@@H](CCCCN)C(=O)N[C@@H](CO)C(=O)O)[C@@H](C)O. The van der Waals surface area contributed by atoms with Crippen molar-refractivity contribution in [3.63, 3.8) is 0 Å². The molecule has 1 aromatic heterocycles. The Morgan fingerprint density at radius 3 is 1.35 bits per heavy atom. The molecule has 34 heteroatoms. The summed E-state index contributed by atoms with van der Waals surface area (Å²) in [5, 5.41) is 95.4. The number of aliphatic carboxylic acids is 2. The molecule has 0 aliphatic heterocycles. The van der Waals surface area contributed by atoms with Crippen molar-refractivity contribution in [1.82, 2.24) is 58.2 Å². The van der Waals surface area contributed by atoms with E-state index in [1.54, 1.807) is 38.1 Å². The van der Waals surface area contributed by atoms with Crippen LogP contribution in [0.1, 0.15) is 109 Å². The van der Waals surface area contributed by atoms with Crippen molar-refractivity contribution >= 4 is 81.9 Å². The number of aromatic nitrogens is 1. The van der Waals surface area contributed by atoms with Crippen molar-refractivity contribution in [2.24, 2.45) is 28.9 Å². The maximum atomic E-state index is 14.6. The van der Waals surface area contributed by atoms with Gasteiger partial charge in [0.05, 0.1) is 32.0 Å². The molecule has 34 nitrogen and oxygen atoms in total. The second-order valence-electron chi connectivity index (χ2n) is 23.6. The number of fused-ring (bicyclic) bond motifs is 1. The molecular weight excluding hydrogens is 1260 g/mol. The number of nitrogens with two attached hydrogens (primary N) is 4. The summed E-state index contributed by atoms with van der Waals surface area (Å²) in [5.41, 5.74) is 24.2. The lowest BCUT2D eigenvalue weighted by molar-refractivity contribution is -0.143. The van der Waals surface area contributed by atoms with Crippen LogP contribution < -0.4 is 76.1 Å². The van der Waals surface area contributed by atoms with E-state index in [1.807, 2.05) is 0 Å². The van der Waals surface area contributed by atoms with Crippen LogP contribution in [0.25, 0.3) is 10.9 Å². The van der Waals surface area contributed by atoms with Gasteiger partial charge < -0.3 is 117 Å². The normalized spacial score (nSPS) is 15.0. The second kappa shape index (κ2) is 42.5. The Morgan fingerprint density at radius 2 is 0.865 bits per heavy atom. The number of rotatable bonds is 46. The highest BCUT2D eigenvalue weighted by atomic mass is 16.4. The Hall–Kier alpha value is -8.90. The first-order valence-electron chi connectivity index (χ1n) is 31.8.